The highest BCUT2D eigenvalue weighted by Crippen LogP contribution is 2.42. The maximum absolute atomic E-state index is 12.2. The van der Waals surface area contributed by atoms with Gasteiger partial charge in [-0.05, 0) is 0 Å². The molecule has 0 radical (unpaired) electrons. The van der Waals surface area contributed by atoms with Crippen LogP contribution in [-0.2, 0) is 0 Å². The number of allylic oxidation sites excluding steroid dienone is 2. The molecule has 0 bridgehead atoms. The standard InChI is InChI=1S/C6H4F8/c7-1-3(9)4(10)6(13,14)5(11,12)2-8/h1-2H2/b4-3-. The minimum absolute atomic E-state index is 2.30. The molecule has 0 heterocycles. The third kappa shape index (κ3) is 2.16. The molecule has 0 atom stereocenters. The lowest BCUT2D eigenvalue weighted by atomic mass is 10.1. The van der Waals surface area contributed by atoms with Crippen LogP contribution in [0.25, 0.3) is 0 Å². The maximum Gasteiger partial charge on any atom is 0.366 e. The molecule has 0 N–H and O–H groups in total. The van der Waals surface area contributed by atoms with Crippen LogP contribution in [0.15, 0.2) is 11.7 Å². The maximum atomic E-state index is 12.2. The van der Waals surface area contributed by atoms with Gasteiger partial charge in [0.2, 0.25) is 5.83 Å². The van der Waals surface area contributed by atoms with Gasteiger partial charge in [-0.15, -0.1) is 0 Å². The van der Waals surface area contributed by atoms with Crippen molar-refractivity contribution in [3.05, 3.63) is 11.7 Å². The molecule has 0 saturated heterocycles. The SMILES string of the molecule is FC/C(F)=C(/F)C(F)(F)C(F)(F)CF. The van der Waals surface area contributed by atoms with Gasteiger partial charge in [0.05, 0.1) is 0 Å². The van der Waals surface area contributed by atoms with Crippen LogP contribution in [0, 0.1) is 0 Å². The summed E-state index contributed by atoms with van der Waals surface area (Å²) in [4.78, 5) is 0. The van der Waals surface area contributed by atoms with Gasteiger partial charge in [0.15, 0.2) is 12.5 Å². The third-order valence-electron chi connectivity index (χ3n) is 1.26. The summed E-state index contributed by atoms with van der Waals surface area (Å²) in [5.41, 5.74) is 0. The monoisotopic (exact) mass is 228 g/mol. The Balaban J connectivity index is 5.15. The van der Waals surface area contributed by atoms with Crippen molar-refractivity contribution in [2.45, 2.75) is 11.8 Å². The van der Waals surface area contributed by atoms with E-state index in [-0.39, 0.29) is 0 Å². The van der Waals surface area contributed by atoms with E-state index < -0.39 is 36.8 Å². The zero-order valence-electron chi connectivity index (χ0n) is 6.44. The lowest BCUT2D eigenvalue weighted by Gasteiger charge is -2.22. The highest BCUT2D eigenvalue weighted by atomic mass is 19.3. The molecule has 84 valence electrons. The first-order valence-electron chi connectivity index (χ1n) is 3.13. The van der Waals surface area contributed by atoms with E-state index in [1.807, 2.05) is 0 Å². The van der Waals surface area contributed by atoms with E-state index in [1.54, 1.807) is 0 Å². The molecule has 0 aromatic heterocycles. The van der Waals surface area contributed by atoms with E-state index in [4.69, 9.17) is 0 Å². The number of hydrogen-bond donors (Lipinski definition) is 0. The molecule has 0 aromatic carbocycles. The molecular formula is C6H4F8. The average molecular weight is 228 g/mol. The zero-order chi connectivity index (χ0) is 11.6. The molecule has 0 aromatic rings. The van der Waals surface area contributed by atoms with Gasteiger partial charge in [-0.2, -0.15) is 17.6 Å². The number of alkyl halides is 6. The van der Waals surface area contributed by atoms with Crippen molar-refractivity contribution in [3.8, 4) is 0 Å². The topological polar surface area (TPSA) is 0 Å². The Kier molecular flexibility index (Phi) is 3.90. The van der Waals surface area contributed by atoms with Crippen LogP contribution in [0.5, 0.6) is 0 Å². The summed E-state index contributed by atoms with van der Waals surface area (Å²) in [6.07, 6.45) is 0. The Morgan fingerprint density at radius 2 is 1.36 bits per heavy atom. The second kappa shape index (κ2) is 4.14. The third-order valence-corrected chi connectivity index (χ3v) is 1.26. The zero-order valence-corrected chi connectivity index (χ0v) is 6.44. The van der Waals surface area contributed by atoms with Crippen molar-refractivity contribution >= 4 is 0 Å². The molecule has 0 aliphatic carbocycles. The molecule has 0 unspecified atom stereocenters. The molecule has 0 aliphatic rings. The number of halogens is 8. The van der Waals surface area contributed by atoms with Gasteiger partial charge in [0, 0.05) is 0 Å². The first-order chi connectivity index (χ1) is 6.20. The van der Waals surface area contributed by atoms with Gasteiger partial charge in [0.1, 0.15) is 6.67 Å². The van der Waals surface area contributed by atoms with Crippen LogP contribution in [0.2, 0.25) is 0 Å². The molecule has 0 aliphatic heterocycles. The van der Waals surface area contributed by atoms with Crippen LogP contribution >= 0.6 is 0 Å². The predicted octanol–water partition coefficient (Wildman–Crippen LogP) is 3.35. The van der Waals surface area contributed by atoms with E-state index in [0.29, 0.717) is 0 Å². The van der Waals surface area contributed by atoms with Gasteiger partial charge in [-0.1, -0.05) is 0 Å². The summed E-state index contributed by atoms with van der Waals surface area (Å²) in [5.74, 6) is -17.0. The Labute approximate surface area is 73.2 Å². The van der Waals surface area contributed by atoms with E-state index >= 15 is 0 Å². The number of rotatable bonds is 4. The fourth-order valence-corrected chi connectivity index (χ4v) is 0.473. The average Bonchev–Trinajstić information content (AvgIpc) is 2.14. The molecule has 0 fully saturated rings. The van der Waals surface area contributed by atoms with Crippen molar-refractivity contribution in [3.63, 3.8) is 0 Å². The summed E-state index contributed by atoms with van der Waals surface area (Å²) >= 11 is 0. The minimum atomic E-state index is -5.68. The number of hydrogen-bond acceptors (Lipinski definition) is 0. The summed E-state index contributed by atoms with van der Waals surface area (Å²) in [5, 5.41) is 0. The van der Waals surface area contributed by atoms with Crippen molar-refractivity contribution in [1.29, 1.82) is 0 Å². The summed E-state index contributed by atoms with van der Waals surface area (Å²) in [7, 11) is 0. The van der Waals surface area contributed by atoms with Crippen LogP contribution in [0.1, 0.15) is 0 Å². The molecule has 0 saturated carbocycles. The van der Waals surface area contributed by atoms with Crippen molar-refractivity contribution in [1.82, 2.24) is 0 Å². The van der Waals surface area contributed by atoms with Crippen molar-refractivity contribution < 1.29 is 35.1 Å². The Hall–Kier alpha value is -0.820. The van der Waals surface area contributed by atoms with Crippen LogP contribution in [0.4, 0.5) is 35.1 Å². The lowest BCUT2D eigenvalue weighted by molar-refractivity contribution is -0.203. The fourth-order valence-electron chi connectivity index (χ4n) is 0.473. The van der Waals surface area contributed by atoms with Crippen molar-refractivity contribution in [2.75, 3.05) is 13.3 Å². The van der Waals surface area contributed by atoms with Crippen LogP contribution in [-0.4, -0.2) is 25.2 Å². The molecule has 14 heavy (non-hydrogen) atoms. The smallest absolute Gasteiger partial charge is 0.244 e. The fraction of sp³-hybridized carbons (Fsp3) is 0.667. The molecular weight excluding hydrogens is 224 g/mol. The summed E-state index contributed by atoms with van der Waals surface area (Å²) in [6.45, 7) is -5.18. The van der Waals surface area contributed by atoms with Gasteiger partial charge >= 0.3 is 11.8 Å². The van der Waals surface area contributed by atoms with Crippen molar-refractivity contribution in [2.24, 2.45) is 0 Å². The summed E-state index contributed by atoms with van der Waals surface area (Å²) in [6, 6.07) is 0. The van der Waals surface area contributed by atoms with Crippen LogP contribution in [0.3, 0.4) is 0 Å². The quantitative estimate of drug-likeness (QED) is 0.647. The van der Waals surface area contributed by atoms with Gasteiger partial charge in [-0.25, -0.2) is 17.6 Å². The summed E-state index contributed by atoms with van der Waals surface area (Å²) < 4.78 is 95.1. The predicted molar refractivity (Wildman–Crippen MR) is 31.1 cm³/mol. The molecule has 0 spiro atoms. The lowest BCUT2D eigenvalue weighted by Crippen LogP contribution is -2.43. The second-order valence-corrected chi connectivity index (χ2v) is 2.26. The first-order valence-corrected chi connectivity index (χ1v) is 3.13. The Morgan fingerprint density at radius 1 is 0.929 bits per heavy atom. The molecule has 0 nitrogen and oxygen atoms in total. The Morgan fingerprint density at radius 3 is 1.64 bits per heavy atom. The molecule has 8 heteroatoms. The van der Waals surface area contributed by atoms with E-state index in [9.17, 15) is 35.1 Å². The normalized spacial score (nSPS) is 15.4. The highest BCUT2D eigenvalue weighted by Gasteiger charge is 2.61. The largest absolute Gasteiger partial charge is 0.366 e. The molecule has 0 amide bonds. The van der Waals surface area contributed by atoms with Gasteiger partial charge in [0.25, 0.3) is 0 Å². The van der Waals surface area contributed by atoms with Crippen LogP contribution < -0.4 is 0 Å². The second-order valence-electron chi connectivity index (χ2n) is 2.26. The highest BCUT2D eigenvalue weighted by molar-refractivity contribution is 5.14. The van der Waals surface area contributed by atoms with Gasteiger partial charge in [-0.3, -0.25) is 0 Å². The van der Waals surface area contributed by atoms with E-state index in [2.05, 4.69) is 0 Å². The minimum Gasteiger partial charge on any atom is -0.244 e. The molecule has 0 rings (SSSR count). The Bertz CT molecular complexity index is 230. The van der Waals surface area contributed by atoms with Gasteiger partial charge < -0.3 is 0 Å². The van der Waals surface area contributed by atoms with E-state index in [0.717, 1.165) is 0 Å². The first kappa shape index (κ1) is 13.2. The van der Waals surface area contributed by atoms with E-state index in [1.165, 1.54) is 0 Å².